The third-order valence-corrected chi connectivity index (χ3v) is 2.25. The molecule has 0 fully saturated rings. The third-order valence-electron chi connectivity index (χ3n) is 2.25. The number of nitriles is 1. The van der Waals surface area contributed by atoms with E-state index in [0.717, 1.165) is 17.7 Å². The highest BCUT2D eigenvalue weighted by Gasteiger charge is 2.09. The largest absolute Gasteiger partial charge is 0.494 e. The zero-order chi connectivity index (χ0) is 12.5. The molecule has 0 aromatic heterocycles. The van der Waals surface area contributed by atoms with Crippen LogP contribution in [0.2, 0.25) is 0 Å². The summed E-state index contributed by atoms with van der Waals surface area (Å²) >= 11 is 0. The lowest BCUT2D eigenvalue weighted by Gasteiger charge is -2.12. The van der Waals surface area contributed by atoms with Gasteiger partial charge in [-0.05, 0) is 24.1 Å². The van der Waals surface area contributed by atoms with E-state index >= 15 is 0 Å². The number of ether oxygens (including phenoxy) is 1. The standard InChI is InChI=1S/C13H18N2O2/c1-2-8-17-12-5-3-4-11(9-12)13(10-14)15-6-7-16/h3-5,9,13,15-16H,2,6-8H2,1H3. The maximum Gasteiger partial charge on any atom is 0.121 e. The summed E-state index contributed by atoms with van der Waals surface area (Å²) in [6.45, 7) is 3.14. The van der Waals surface area contributed by atoms with Gasteiger partial charge in [0.2, 0.25) is 0 Å². The van der Waals surface area contributed by atoms with Crippen molar-refractivity contribution in [3.8, 4) is 11.8 Å². The number of benzene rings is 1. The maximum absolute atomic E-state index is 9.04. The fourth-order valence-corrected chi connectivity index (χ4v) is 1.45. The normalized spacial score (nSPS) is 11.8. The van der Waals surface area contributed by atoms with Crippen molar-refractivity contribution in [2.24, 2.45) is 0 Å². The molecule has 2 N–H and O–H groups in total. The van der Waals surface area contributed by atoms with Gasteiger partial charge >= 0.3 is 0 Å². The third kappa shape index (κ3) is 4.43. The Kier molecular flexibility index (Phi) is 6.08. The molecule has 0 radical (unpaired) electrons. The molecule has 1 atom stereocenters. The van der Waals surface area contributed by atoms with E-state index in [9.17, 15) is 0 Å². The lowest BCUT2D eigenvalue weighted by atomic mass is 10.1. The minimum absolute atomic E-state index is 0.0181. The van der Waals surface area contributed by atoms with E-state index in [1.165, 1.54) is 0 Å². The predicted octanol–water partition coefficient (Wildman–Crippen LogP) is 1.62. The minimum Gasteiger partial charge on any atom is -0.494 e. The Balaban J connectivity index is 2.71. The Labute approximate surface area is 102 Å². The van der Waals surface area contributed by atoms with E-state index in [2.05, 4.69) is 11.4 Å². The molecule has 0 saturated heterocycles. The van der Waals surface area contributed by atoms with Gasteiger partial charge in [-0.1, -0.05) is 19.1 Å². The summed E-state index contributed by atoms with van der Waals surface area (Å²) in [6, 6.07) is 9.22. The smallest absolute Gasteiger partial charge is 0.121 e. The molecule has 0 saturated carbocycles. The van der Waals surface area contributed by atoms with E-state index in [1.807, 2.05) is 31.2 Å². The Bertz CT molecular complexity index is 374. The molecule has 1 rings (SSSR count). The topological polar surface area (TPSA) is 65.3 Å². The number of rotatable bonds is 7. The quantitative estimate of drug-likeness (QED) is 0.752. The van der Waals surface area contributed by atoms with Crippen molar-refractivity contribution in [1.29, 1.82) is 5.26 Å². The van der Waals surface area contributed by atoms with Gasteiger partial charge in [0.15, 0.2) is 0 Å². The van der Waals surface area contributed by atoms with Crippen LogP contribution in [-0.2, 0) is 0 Å². The molecule has 0 heterocycles. The van der Waals surface area contributed by atoms with Gasteiger partial charge in [0.1, 0.15) is 11.8 Å². The first kappa shape index (κ1) is 13.5. The van der Waals surface area contributed by atoms with Crippen molar-refractivity contribution < 1.29 is 9.84 Å². The van der Waals surface area contributed by atoms with E-state index in [4.69, 9.17) is 15.1 Å². The summed E-state index contributed by atoms with van der Waals surface area (Å²) in [7, 11) is 0. The average Bonchev–Trinajstić information content (AvgIpc) is 2.38. The summed E-state index contributed by atoms with van der Waals surface area (Å²) in [4.78, 5) is 0. The van der Waals surface area contributed by atoms with Gasteiger partial charge < -0.3 is 9.84 Å². The van der Waals surface area contributed by atoms with Crippen LogP contribution in [-0.4, -0.2) is 24.9 Å². The molecule has 0 aliphatic heterocycles. The Morgan fingerprint density at radius 2 is 2.35 bits per heavy atom. The first-order valence-electron chi connectivity index (χ1n) is 5.78. The van der Waals surface area contributed by atoms with Crippen LogP contribution in [0.4, 0.5) is 0 Å². The first-order valence-corrected chi connectivity index (χ1v) is 5.78. The molecule has 92 valence electrons. The molecule has 0 amide bonds. The van der Waals surface area contributed by atoms with Crippen molar-refractivity contribution >= 4 is 0 Å². The van der Waals surface area contributed by atoms with Gasteiger partial charge in [0, 0.05) is 6.54 Å². The zero-order valence-corrected chi connectivity index (χ0v) is 10.0. The summed E-state index contributed by atoms with van der Waals surface area (Å²) in [6.07, 6.45) is 0.953. The highest BCUT2D eigenvalue weighted by Crippen LogP contribution is 2.19. The highest BCUT2D eigenvalue weighted by atomic mass is 16.5. The molecule has 1 unspecified atom stereocenters. The van der Waals surface area contributed by atoms with Gasteiger partial charge in [-0.15, -0.1) is 0 Å². The molecule has 1 aromatic carbocycles. The Morgan fingerprint density at radius 1 is 1.53 bits per heavy atom. The second kappa shape index (κ2) is 7.66. The van der Waals surface area contributed by atoms with Crippen LogP contribution in [0.25, 0.3) is 0 Å². The van der Waals surface area contributed by atoms with E-state index in [-0.39, 0.29) is 6.61 Å². The molecular weight excluding hydrogens is 216 g/mol. The van der Waals surface area contributed by atoms with Crippen molar-refractivity contribution in [2.75, 3.05) is 19.8 Å². The Morgan fingerprint density at radius 3 is 3.00 bits per heavy atom. The molecule has 0 aliphatic rings. The number of aliphatic hydroxyl groups excluding tert-OH is 1. The summed E-state index contributed by atoms with van der Waals surface area (Å²) in [5, 5.41) is 20.7. The number of hydrogen-bond acceptors (Lipinski definition) is 4. The first-order chi connectivity index (χ1) is 8.31. The maximum atomic E-state index is 9.04. The van der Waals surface area contributed by atoms with Crippen molar-refractivity contribution in [3.05, 3.63) is 29.8 Å². The predicted molar refractivity (Wildman–Crippen MR) is 65.7 cm³/mol. The molecule has 0 spiro atoms. The second-order valence-electron chi connectivity index (χ2n) is 3.66. The van der Waals surface area contributed by atoms with Crippen molar-refractivity contribution in [3.63, 3.8) is 0 Å². The summed E-state index contributed by atoms with van der Waals surface area (Å²) < 4.78 is 5.51. The molecule has 17 heavy (non-hydrogen) atoms. The van der Waals surface area contributed by atoms with E-state index in [0.29, 0.717) is 13.2 Å². The van der Waals surface area contributed by atoms with Crippen molar-refractivity contribution in [2.45, 2.75) is 19.4 Å². The lowest BCUT2D eigenvalue weighted by Crippen LogP contribution is -2.23. The molecule has 0 aliphatic carbocycles. The fraction of sp³-hybridized carbons (Fsp3) is 0.462. The van der Waals surface area contributed by atoms with Gasteiger partial charge in [0.05, 0.1) is 19.3 Å². The summed E-state index contributed by atoms with van der Waals surface area (Å²) in [5.74, 6) is 0.774. The lowest BCUT2D eigenvalue weighted by molar-refractivity contribution is 0.289. The van der Waals surface area contributed by atoms with Crippen LogP contribution in [0.3, 0.4) is 0 Å². The number of nitrogens with one attached hydrogen (secondary N) is 1. The monoisotopic (exact) mass is 234 g/mol. The number of aliphatic hydroxyl groups is 1. The Hall–Kier alpha value is -1.57. The average molecular weight is 234 g/mol. The molecule has 4 nitrogen and oxygen atoms in total. The van der Waals surface area contributed by atoms with E-state index in [1.54, 1.807) is 0 Å². The SMILES string of the molecule is CCCOc1cccc(C(C#N)NCCO)c1. The molecular formula is C13H18N2O2. The van der Waals surface area contributed by atoms with Gasteiger partial charge in [0.25, 0.3) is 0 Å². The molecule has 1 aromatic rings. The summed E-state index contributed by atoms with van der Waals surface area (Å²) in [5.41, 5.74) is 0.856. The molecule has 0 bridgehead atoms. The number of nitrogens with zero attached hydrogens (tertiary/aromatic N) is 1. The van der Waals surface area contributed by atoms with Crippen LogP contribution in [0.5, 0.6) is 5.75 Å². The highest BCUT2D eigenvalue weighted by molar-refractivity contribution is 5.33. The van der Waals surface area contributed by atoms with Gasteiger partial charge in [-0.3, -0.25) is 5.32 Å². The zero-order valence-electron chi connectivity index (χ0n) is 10.0. The van der Waals surface area contributed by atoms with Crippen molar-refractivity contribution in [1.82, 2.24) is 5.32 Å². The van der Waals surface area contributed by atoms with Crippen LogP contribution in [0.1, 0.15) is 24.9 Å². The number of hydrogen-bond donors (Lipinski definition) is 2. The van der Waals surface area contributed by atoms with Crippen LogP contribution < -0.4 is 10.1 Å². The van der Waals surface area contributed by atoms with Crippen LogP contribution in [0.15, 0.2) is 24.3 Å². The molecule has 4 heteroatoms. The minimum atomic E-state index is -0.410. The van der Waals surface area contributed by atoms with Gasteiger partial charge in [-0.25, -0.2) is 0 Å². The fourth-order valence-electron chi connectivity index (χ4n) is 1.45. The van der Waals surface area contributed by atoms with Gasteiger partial charge in [-0.2, -0.15) is 5.26 Å². The van der Waals surface area contributed by atoms with Crippen LogP contribution >= 0.6 is 0 Å². The van der Waals surface area contributed by atoms with E-state index < -0.39 is 6.04 Å². The van der Waals surface area contributed by atoms with Crippen LogP contribution in [0, 0.1) is 11.3 Å². The second-order valence-corrected chi connectivity index (χ2v) is 3.66.